The number of carboxylic acids is 1. The van der Waals surface area contributed by atoms with E-state index < -0.39 is 12.0 Å². The van der Waals surface area contributed by atoms with Gasteiger partial charge in [0.1, 0.15) is 17.1 Å². The summed E-state index contributed by atoms with van der Waals surface area (Å²) in [4.78, 5) is 42.1. The molecule has 10 heteroatoms. The fraction of sp³-hybridized carbons (Fsp3) is 0.429. The molecule has 1 aromatic heterocycles. The highest BCUT2D eigenvalue weighted by Crippen LogP contribution is 2.40. The normalized spacial score (nSPS) is 23.1. The van der Waals surface area contributed by atoms with Crippen molar-refractivity contribution in [3.8, 4) is 0 Å². The molecular formula is C14H15N3O4S3. The van der Waals surface area contributed by atoms with Gasteiger partial charge in [0.05, 0.1) is 5.69 Å². The number of aromatic nitrogens is 1. The first kappa shape index (κ1) is 17.5. The summed E-state index contributed by atoms with van der Waals surface area (Å²) < 4.78 is 0. The number of rotatable bonds is 4. The Balaban J connectivity index is 1.76. The number of carboxylic acid groups (broad SMARTS) is 1. The molecule has 0 radical (unpaired) electrons. The van der Waals surface area contributed by atoms with Gasteiger partial charge in [-0.25, -0.2) is 9.78 Å². The van der Waals surface area contributed by atoms with Crippen LogP contribution in [0.5, 0.6) is 0 Å². The minimum atomic E-state index is -1.16. The first-order valence-electron chi connectivity index (χ1n) is 7.08. The van der Waals surface area contributed by atoms with E-state index >= 15 is 0 Å². The molecule has 2 aliphatic heterocycles. The number of thioether (sulfide) groups is 2. The SMILES string of the molecule is Cc1nc(C(=O)SCC2=C(C(=O)O)N3C(=O)C(N)[C@@H]3SC2)sc1C. The van der Waals surface area contributed by atoms with E-state index in [-0.39, 0.29) is 27.8 Å². The molecule has 1 fully saturated rings. The number of nitrogens with two attached hydrogens (primary N) is 1. The number of aryl methyl sites for hydroxylation is 2. The van der Waals surface area contributed by atoms with Gasteiger partial charge in [-0.2, -0.15) is 0 Å². The van der Waals surface area contributed by atoms with Crippen molar-refractivity contribution in [2.75, 3.05) is 11.5 Å². The van der Waals surface area contributed by atoms with E-state index in [1.165, 1.54) is 28.0 Å². The number of thiazole rings is 1. The van der Waals surface area contributed by atoms with Gasteiger partial charge in [0.2, 0.25) is 11.0 Å². The molecule has 24 heavy (non-hydrogen) atoms. The maximum absolute atomic E-state index is 12.2. The Bertz CT molecular complexity index is 754. The van der Waals surface area contributed by atoms with Gasteiger partial charge < -0.3 is 10.8 Å². The summed E-state index contributed by atoms with van der Waals surface area (Å²) in [6.45, 7) is 3.74. The zero-order valence-corrected chi connectivity index (χ0v) is 15.4. The molecule has 1 aromatic rings. The zero-order valence-electron chi connectivity index (χ0n) is 12.9. The Morgan fingerprint density at radius 1 is 1.46 bits per heavy atom. The lowest BCUT2D eigenvalue weighted by atomic mass is 10.0. The second-order valence-electron chi connectivity index (χ2n) is 5.43. The zero-order chi connectivity index (χ0) is 17.6. The molecule has 3 rings (SSSR count). The molecule has 2 aliphatic rings. The molecule has 128 valence electrons. The molecule has 3 N–H and O–H groups in total. The smallest absolute Gasteiger partial charge is 0.352 e. The number of carbonyl (C=O) groups excluding carboxylic acids is 2. The molecule has 1 unspecified atom stereocenters. The van der Waals surface area contributed by atoms with E-state index in [2.05, 4.69) is 4.98 Å². The predicted molar refractivity (Wildman–Crippen MR) is 94.1 cm³/mol. The Hall–Kier alpha value is -1.36. The van der Waals surface area contributed by atoms with Gasteiger partial charge in [0.25, 0.3) is 0 Å². The fourth-order valence-electron chi connectivity index (χ4n) is 2.47. The molecule has 0 aliphatic carbocycles. The third kappa shape index (κ3) is 2.87. The monoisotopic (exact) mass is 385 g/mol. The maximum atomic E-state index is 12.2. The summed E-state index contributed by atoms with van der Waals surface area (Å²) in [5, 5.41) is 9.35. The highest BCUT2D eigenvalue weighted by molar-refractivity contribution is 8.14. The highest BCUT2D eigenvalue weighted by atomic mass is 32.2. The van der Waals surface area contributed by atoms with Gasteiger partial charge in [-0.05, 0) is 19.4 Å². The number of carbonyl (C=O) groups is 3. The lowest BCUT2D eigenvalue weighted by molar-refractivity contribution is -0.147. The van der Waals surface area contributed by atoms with E-state index in [1.807, 2.05) is 13.8 Å². The summed E-state index contributed by atoms with van der Waals surface area (Å²) >= 11 is 3.77. The Morgan fingerprint density at radius 2 is 2.17 bits per heavy atom. The number of β-lactam (4-membered cyclic amide) rings is 1. The fourth-order valence-corrected chi connectivity index (χ4v) is 5.65. The van der Waals surface area contributed by atoms with Crippen molar-refractivity contribution in [2.24, 2.45) is 5.73 Å². The van der Waals surface area contributed by atoms with Crippen LogP contribution in [-0.2, 0) is 9.59 Å². The third-order valence-electron chi connectivity index (χ3n) is 3.87. The van der Waals surface area contributed by atoms with Gasteiger partial charge in [-0.3, -0.25) is 14.5 Å². The predicted octanol–water partition coefficient (Wildman–Crippen LogP) is 1.21. The highest BCUT2D eigenvalue weighted by Gasteiger charge is 2.51. The minimum absolute atomic E-state index is 0.0303. The number of hydrogen-bond donors (Lipinski definition) is 2. The van der Waals surface area contributed by atoms with Crippen LogP contribution in [0.2, 0.25) is 0 Å². The van der Waals surface area contributed by atoms with Crippen LogP contribution in [-0.4, -0.2) is 54.9 Å². The van der Waals surface area contributed by atoms with E-state index in [9.17, 15) is 19.5 Å². The van der Waals surface area contributed by atoms with E-state index in [0.717, 1.165) is 22.3 Å². The number of aliphatic carboxylic acids is 1. The largest absolute Gasteiger partial charge is 0.477 e. The van der Waals surface area contributed by atoms with Crippen molar-refractivity contribution >= 4 is 51.9 Å². The van der Waals surface area contributed by atoms with Crippen molar-refractivity contribution in [1.29, 1.82) is 0 Å². The molecule has 0 spiro atoms. The molecule has 1 amide bonds. The molecule has 7 nitrogen and oxygen atoms in total. The summed E-state index contributed by atoms with van der Waals surface area (Å²) in [6.07, 6.45) is 0. The van der Waals surface area contributed by atoms with E-state index in [0.29, 0.717) is 16.3 Å². The summed E-state index contributed by atoms with van der Waals surface area (Å²) in [5.41, 5.74) is 7.06. The van der Waals surface area contributed by atoms with Crippen LogP contribution >= 0.6 is 34.9 Å². The summed E-state index contributed by atoms with van der Waals surface area (Å²) in [7, 11) is 0. The minimum Gasteiger partial charge on any atom is -0.477 e. The molecule has 0 saturated carbocycles. The lowest BCUT2D eigenvalue weighted by Crippen LogP contribution is -2.68. The van der Waals surface area contributed by atoms with Gasteiger partial charge in [0.15, 0.2) is 5.01 Å². The first-order chi connectivity index (χ1) is 11.3. The Morgan fingerprint density at radius 3 is 2.75 bits per heavy atom. The van der Waals surface area contributed by atoms with Gasteiger partial charge >= 0.3 is 5.97 Å². The first-order valence-corrected chi connectivity index (χ1v) is 9.93. The maximum Gasteiger partial charge on any atom is 0.352 e. The Kier molecular flexibility index (Phi) is 4.73. The molecule has 0 aromatic carbocycles. The van der Waals surface area contributed by atoms with Crippen LogP contribution in [0.4, 0.5) is 0 Å². The van der Waals surface area contributed by atoms with Crippen LogP contribution in [0, 0.1) is 13.8 Å². The second-order valence-corrected chi connectivity index (χ2v) is 8.69. The molecule has 2 atom stereocenters. The van der Waals surface area contributed by atoms with Gasteiger partial charge in [0, 0.05) is 16.4 Å². The van der Waals surface area contributed by atoms with Crippen LogP contribution in [0.15, 0.2) is 11.3 Å². The molecular weight excluding hydrogens is 370 g/mol. The summed E-state index contributed by atoms with van der Waals surface area (Å²) in [6, 6.07) is -0.651. The Labute approximate surface area is 150 Å². The topological polar surface area (TPSA) is 114 Å². The number of nitrogens with zero attached hydrogens (tertiary/aromatic N) is 2. The average Bonchev–Trinajstić information content (AvgIpc) is 2.89. The molecule has 0 bridgehead atoms. The number of amides is 1. The van der Waals surface area contributed by atoms with Crippen molar-refractivity contribution in [2.45, 2.75) is 25.3 Å². The summed E-state index contributed by atoms with van der Waals surface area (Å²) in [5.74, 6) is -0.884. The van der Waals surface area contributed by atoms with Crippen LogP contribution < -0.4 is 5.73 Å². The molecule has 1 saturated heterocycles. The third-order valence-corrected chi connectivity index (χ3v) is 7.38. The standard InChI is InChI=1S/C14H15N3O4S3/c1-5-6(2)24-10(16-5)14(21)23-4-7-3-22-12-8(15)11(18)17(12)9(7)13(19)20/h8,12H,3-4,15H2,1-2H3,(H,19,20)/t8?,12-/m0/s1. The van der Waals surface area contributed by atoms with Gasteiger partial charge in [-0.15, -0.1) is 23.1 Å². The van der Waals surface area contributed by atoms with Crippen LogP contribution in [0.3, 0.4) is 0 Å². The quantitative estimate of drug-likeness (QED) is 0.744. The average molecular weight is 385 g/mol. The number of hydrogen-bond acceptors (Lipinski definition) is 8. The lowest BCUT2D eigenvalue weighted by Gasteiger charge is -2.48. The van der Waals surface area contributed by atoms with E-state index in [4.69, 9.17) is 5.73 Å². The van der Waals surface area contributed by atoms with Crippen molar-refractivity contribution in [1.82, 2.24) is 9.88 Å². The van der Waals surface area contributed by atoms with Gasteiger partial charge in [-0.1, -0.05) is 11.8 Å². The van der Waals surface area contributed by atoms with Crippen LogP contribution in [0.25, 0.3) is 0 Å². The van der Waals surface area contributed by atoms with Crippen molar-refractivity contribution in [3.05, 3.63) is 26.8 Å². The van der Waals surface area contributed by atoms with Crippen molar-refractivity contribution < 1.29 is 19.5 Å². The van der Waals surface area contributed by atoms with Crippen LogP contribution in [0.1, 0.15) is 20.4 Å². The molecule has 3 heterocycles. The van der Waals surface area contributed by atoms with E-state index in [1.54, 1.807) is 0 Å². The second kappa shape index (κ2) is 6.51. The number of fused-ring (bicyclic) bond motifs is 1. The van der Waals surface area contributed by atoms with Crippen molar-refractivity contribution in [3.63, 3.8) is 0 Å².